The first-order valence-electron chi connectivity index (χ1n) is 23.4. The van der Waals surface area contributed by atoms with Gasteiger partial charge >= 0.3 is 11.9 Å². The Hall–Kier alpha value is -5.38. The predicted molar refractivity (Wildman–Crippen MR) is 253 cm³/mol. The molecule has 10 nitrogen and oxygen atoms in total. The van der Waals surface area contributed by atoms with E-state index in [-0.39, 0.29) is 36.6 Å². The number of carbonyl (C=O) groups is 4. The van der Waals surface area contributed by atoms with E-state index in [1.807, 2.05) is 45.1 Å². The van der Waals surface area contributed by atoms with Crippen LogP contribution < -0.4 is 16.0 Å². The quantitative estimate of drug-likeness (QED) is 0.0383. The van der Waals surface area contributed by atoms with Crippen LogP contribution in [0.4, 0.5) is 0 Å². The van der Waals surface area contributed by atoms with Crippen LogP contribution >= 0.6 is 0 Å². The van der Waals surface area contributed by atoms with Crippen molar-refractivity contribution in [1.29, 1.82) is 0 Å². The van der Waals surface area contributed by atoms with E-state index in [1.54, 1.807) is 0 Å². The molecule has 0 amide bonds. The van der Waals surface area contributed by atoms with Gasteiger partial charge < -0.3 is 29.7 Å². The molecule has 8 bridgehead atoms. The summed E-state index contributed by atoms with van der Waals surface area (Å²) >= 11 is 0. The Kier molecular flexibility index (Phi) is 15.6. The Morgan fingerprint density at radius 3 is 2.22 bits per heavy atom. The molecule has 1 fully saturated rings. The number of aromatic amines is 3. The fourth-order valence-electron chi connectivity index (χ4n) is 10.1. The Balaban J connectivity index is 1.27. The largest absolute Gasteiger partial charge is 0.468 e. The molecule has 63 heavy (non-hydrogen) atoms. The first-order chi connectivity index (χ1) is 30.3. The van der Waals surface area contributed by atoms with Crippen LogP contribution in [-0.2, 0) is 25.5 Å². The number of ether oxygens (including phenoxy) is 2. The van der Waals surface area contributed by atoms with Gasteiger partial charge in [-0.1, -0.05) is 97.8 Å². The van der Waals surface area contributed by atoms with E-state index in [2.05, 4.69) is 67.5 Å². The second-order valence-corrected chi connectivity index (χ2v) is 18.4. The van der Waals surface area contributed by atoms with Gasteiger partial charge in [0.2, 0.25) is 0 Å². The minimum atomic E-state index is -1.19. The molecule has 5 atom stereocenters. The van der Waals surface area contributed by atoms with Crippen LogP contribution in [0.25, 0.3) is 29.9 Å². The summed E-state index contributed by atoms with van der Waals surface area (Å²) in [6.07, 6.45) is 23.0. The first-order valence-corrected chi connectivity index (χ1v) is 23.4. The first kappa shape index (κ1) is 47.1. The van der Waals surface area contributed by atoms with Crippen LogP contribution in [0.15, 0.2) is 29.6 Å². The lowest BCUT2D eigenvalue weighted by molar-refractivity contribution is -0.143. The number of aldehydes is 1. The molecule has 0 saturated carbocycles. The molecule has 0 unspecified atom stereocenters. The zero-order valence-electron chi connectivity index (χ0n) is 39.2. The van der Waals surface area contributed by atoms with Crippen LogP contribution in [-0.4, -0.2) is 52.7 Å². The maximum absolute atomic E-state index is 14.4. The number of esters is 2. The molecule has 338 valence electrons. The van der Waals surface area contributed by atoms with Crippen molar-refractivity contribution in [3.8, 4) is 0 Å². The molecule has 3 aromatic heterocycles. The molecule has 2 aliphatic heterocycles. The average Bonchev–Trinajstić information content (AvgIpc) is 4.01. The molecule has 0 aromatic carbocycles. The zero-order valence-corrected chi connectivity index (χ0v) is 39.2. The van der Waals surface area contributed by atoms with Crippen molar-refractivity contribution in [2.45, 2.75) is 132 Å². The highest BCUT2D eigenvalue weighted by Gasteiger charge is 2.48. The van der Waals surface area contributed by atoms with E-state index in [9.17, 15) is 19.2 Å². The summed E-state index contributed by atoms with van der Waals surface area (Å²) in [6.45, 7) is 21.5. The summed E-state index contributed by atoms with van der Waals surface area (Å²) in [5.41, 5.74) is 10.6. The van der Waals surface area contributed by atoms with Crippen LogP contribution in [0, 0.1) is 43.4 Å². The highest BCUT2D eigenvalue weighted by Crippen LogP contribution is 2.48. The Labute approximate surface area is 373 Å². The highest BCUT2D eigenvalue weighted by atomic mass is 16.5. The van der Waals surface area contributed by atoms with Crippen LogP contribution in [0.1, 0.15) is 178 Å². The number of carbonyl (C=O) groups excluding carboxylic acids is 4. The molecule has 6 rings (SSSR count). The fourth-order valence-corrected chi connectivity index (χ4v) is 10.1. The van der Waals surface area contributed by atoms with Crippen molar-refractivity contribution >= 4 is 53.9 Å². The van der Waals surface area contributed by atoms with Crippen LogP contribution in [0.3, 0.4) is 0 Å². The summed E-state index contributed by atoms with van der Waals surface area (Å²) in [6, 6.07) is 0. The van der Waals surface area contributed by atoms with Crippen molar-refractivity contribution in [2.75, 3.05) is 13.7 Å². The second-order valence-electron chi connectivity index (χ2n) is 18.4. The normalized spacial score (nSPS) is 22.0. The maximum atomic E-state index is 14.4. The fraction of sp³-hybridized carbons (Fsp3) is 0.509. The van der Waals surface area contributed by atoms with Crippen LogP contribution in [0.5, 0.6) is 0 Å². The number of aromatic nitrogens is 3. The summed E-state index contributed by atoms with van der Waals surface area (Å²) < 4.78 is 11.1. The lowest BCUT2D eigenvalue weighted by Gasteiger charge is -2.19. The molecule has 3 aliphatic rings. The van der Waals surface area contributed by atoms with Gasteiger partial charge in [-0.05, 0) is 99.3 Å². The van der Waals surface area contributed by atoms with Crippen molar-refractivity contribution in [3.05, 3.63) is 96.5 Å². The number of unbranched alkanes of at least 4 members (excludes halogenated alkanes) is 1. The number of methoxy groups -OCH3 is 1. The number of Topliss-reactive ketones (excluding diaryl/α,β-unsaturated/α-hetero) is 1. The number of allylic oxidation sites excluding steroid dienone is 3. The van der Waals surface area contributed by atoms with E-state index in [1.165, 1.54) is 57.6 Å². The van der Waals surface area contributed by atoms with E-state index in [4.69, 9.17) is 9.47 Å². The van der Waals surface area contributed by atoms with E-state index in [0.717, 1.165) is 64.2 Å². The average molecular weight is 859 g/mol. The number of rotatable bonds is 20. The third-order valence-electron chi connectivity index (χ3n) is 14.0. The number of ketones is 1. The van der Waals surface area contributed by atoms with Gasteiger partial charge in [0.05, 0.1) is 18.2 Å². The number of H-pyrrole nitrogens is 3. The third-order valence-corrected chi connectivity index (χ3v) is 14.0. The molecular formula is C53H70N4O6. The number of hydrogen-bond donors (Lipinski definition) is 4. The standard InChI is InChI=1S/C53H70N4O6/c1-11-14-17-30(4)18-15-19-31(5)20-16-21-32(6)24-25-63-46(59)23-22-38-34(8)41-26-40-33(7)36(12-2)43(54-40)28-45-39(29-58)37(13-3)44(55-45)27-42-35(9)47-51(57-42)48(50(38)56-41)49(52(47)60)53(61)62-10/h12,24,26-31,34,38,49,54-57H,2,11,13-23,25H2,1,3-10H3/b32-24+,41-26-,44-27-,45-28-,50-48-/t30-,31-,34+,38+,49-/m1/s1. The summed E-state index contributed by atoms with van der Waals surface area (Å²) in [4.78, 5) is 64.6. The summed E-state index contributed by atoms with van der Waals surface area (Å²) in [5, 5.41) is 5.07. The molecule has 5 heterocycles. The van der Waals surface area contributed by atoms with Crippen molar-refractivity contribution in [3.63, 3.8) is 0 Å². The highest BCUT2D eigenvalue weighted by molar-refractivity contribution is 6.24. The molecule has 3 aromatic rings. The van der Waals surface area contributed by atoms with Gasteiger partial charge in [0.1, 0.15) is 12.5 Å². The van der Waals surface area contributed by atoms with Crippen molar-refractivity contribution < 1.29 is 28.7 Å². The van der Waals surface area contributed by atoms with Gasteiger partial charge in [-0.25, -0.2) is 0 Å². The Bertz CT molecular complexity index is 2450. The summed E-state index contributed by atoms with van der Waals surface area (Å²) in [5.74, 6) is -1.32. The molecule has 10 heteroatoms. The van der Waals surface area contributed by atoms with E-state index >= 15 is 0 Å². The van der Waals surface area contributed by atoms with Crippen molar-refractivity contribution in [1.82, 2.24) is 20.3 Å². The van der Waals surface area contributed by atoms with Gasteiger partial charge in [-0.15, -0.1) is 0 Å². The van der Waals surface area contributed by atoms with Crippen molar-refractivity contribution in [2.24, 2.45) is 29.6 Å². The maximum Gasteiger partial charge on any atom is 0.321 e. The van der Waals surface area contributed by atoms with Crippen LogP contribution in [0.2, 0.25) is 0 Å². The minimum absolute atomic E-state index is 0.133. The Morgan fingerprint density at radius 2 is 1.56 bits per heavy atom. The van der Waals surface area contributed by atoms with Gasteiger partial charge in [0, 0.05) is 74.3 Å². The van der Waals surface area contributed by atoms with E-state index < -0.39 is 11.9 Å². The molecule has 0 radical (unpaired) electrons. The van der Waals surface area contributed by atoms with E-state index in [0.29, 0.717) is 63.5 Å². The SMILES string of the molecule is C=Cc1c2[nH]c(c1C)/C=C1\N/C(=C3\c4[nH]c(c(C)c4C(=O)[C@@H]3C(=O)OC)/C=c3\[nH]/c(c(C=O)c3CC)=C\2)[C@@H](CCC(=O)OC/C=C(\C)CCC[C@H](C)CCC[C@H](C)CCCC)[C@@H]1C. The second kappa shape index (κ2) is 20.9. The Morgan fingerprint density at radius 1 is 0.873 bits per heavy atom. The van der Waals surface area contributed by atoms with Gasteiger partial charge in [0.15, 0.2) is 12.1 Å². The lowest BCUT2D eigenvalue weighted by atomic mass is 9.85. The third kappa shape index (κ3) is 10.1. The number of hydrogen-bond acceptors (Lipinski definition) is 7. The predicted octanol–water partition coefficient (Wildman–Crippen LogP) is 9.94. The van der Waals surface area contributed by atoms with Gasteiger partial charge in [-0.2, -0.15) is 0 Å². The lowest BCUT2D eigenvalue weighted by Crippen LogP contribution is -2.25. The summed E-state index contributed by atoms with van der Waals surface area (Å²) in [7, 11) is 1.30. The molecule has 1 aliphatic carbocycles. The monoisotopic (exact) mass is 859 g/mol. The molecule has 4 N–H and O–H groups in total. The molecule has 0 spiro atoms. The van der Waals surface area contributed by atoms with Gasteiger partial charge in [-0.3, -0.25) is 19.2 Å². The van der Waals surface area contributed by atoms with Gasteiger partial charge in [0.25, 0.3) is 0 Å². The number of fused-ring (bicyclic) bond motifs is 7. The zero-order chi connectivity index (χ0) is 45.5. The topological polar surface area (TPSA) is 146 Å². The molecular weight excluding hydrogens is 789 g/mol. The molecule has 1 saturated heterocycles. The number of nitrogens with one attached hydrogen (secondary N) is 4. The minimum Gasteiger partial charge on any atom is -0.468 e. The smallest absolute Gasteiger partial charge is 0.321 e.